The fourth-order valence-corrected chi connectivity index (χ4v) is 5.15. The lowest BCUT2D eigenvalue weighted by molar-refractivity contribution is 0.122. The average molecular weight is 483 g/mol. The Morgan fingerprint density at radius 3 is 2.65 bits per heavy atom. The fourth-order valence-electron chi connectivity index (χ4n) is 4.96. The molecule has 0 spiro atoms. The summed E-state index contributed by atoms with van der Waals surface area (Å²) in [6.45, 7) is 4.22. The maximum Gasteiger partial charge on any atom is 0.224 e. The van der Waals surface area contributed by atoms with Crippen LogP contribution in [0.5, 0.6) is 5.75 Å². The molecule has 10 heteroatoms. The van der Waals surface area contributed by atoms with Gasteiger partial charge in [0.15, 0.2) is 0 Å². The molecule has 9 nitrogen and oxygen atoms in total. The predicted molar refractivity (Wildman–Crippen MR) is 128 cm³/mol. The van der Waals surface area contributed by atoms with Gasteiger partial charge in [0, 0.05) is 48.8 Å². The van der Waals surface area contributed by atoms with Gasteiger partial charge >= 0.3 is 0 Å². The van der Waals surface area contributed by atoms with E-state index < -0.39 is 0 Å². The van der Waals surface area contributed by atoms with Gasteiger partial charge in [0.1, 0.15) is 17.1 Å². The van der Waals surface area contributed by atoms with Gasteiger partial charge in [0.05, 0.1) is 43.7 Å². The minimum atomic E-state index is 0.131. The first kappa shape index (κ1) is 21.8. The SMILES string of the molecule is Clc1nc2c(c(NC3CCC(Oc4cc(N5CCOCC5)cc5nccnc45)CC3)n1)COC2. The van der Waals surface area contributed by atoms with Gasteiger partial charge < -0.3 is 24.4 Å². The summed E-state index contributed by atoms with van der Waals surface area (Å²) in [5.41, 5.74) is 4.68. The Labute approximate surface area is 202 Å². The molecule has 0 radical (unpaired) electrons. The first-order valence-corrected chi connectivity index (χ1v) is 12.2. The summed E-state index contributed by atoms with van der Waals surface area (Å²) in [5.74, 6) is 1.61. The summed E-state index contributed by atoms with van der Waals surface area (Å²) in [6, 6.07) is 4.52. The van der Waals surface area contributed by atoms with Crippen molar-refractivity contribution in [1.29, 1.82) is 0 Å². The fraction of sp³-hybridized carbons (Fsp3) is 0.500. The minimum absolute atomic E-state index is 0.131. The number of halogens is 1. The third-order valence-corrected chi connectivity index (χ3v) is 6.93. The van der Waals surface area contributed by atoms with Crippen molar-refractivity contribution in [2.24, 2.45) is 0 Å². The lowest BCUT2D eigenvalue weighted by atomic mass is 9.92. The number of rotatable bonds is 5. The first-order valence-electron chi connectivity index (χ1n) is 11.9. The highest BCUT2D eigenvalue weighted by atomic mass is 35.5. The Morgan fingerprint density at radius 1 is 0.971 bits per heavy atom. The summed E-state index contributed by atoms with van der Waals surface area (Å²) < 4.78 is 17.6. The van der Waals surface area contributed by atoms with E-state index in [2.05, 4.69) is 42.3 Å². The van der Waals surface area contributed by atoms with E-state index in [-0.39, 0.29) is 11.4 Å². The molecular formula is C24H27ClN6O3. The van der Waals surface area contributed by atoms with Crippen molar-refractivity contribution in [1.82, 2.24) is 19.9 Å². The number of benzene rings is 1. The van der Waals surface area contributed by atoms with Gasteiger partial charge in [-0.15, -0.1) is 0 Å². The largest absolute Gasteiger partial charge is 0.488 e. The topological polar surface area (TPSA) is 94.5 Å². The smallest absolute Gasteiger partial charge is 0.224 e. The number of nitrogens with zero attached hydrogens (tertiary/aromatic N) is 5. The van der Waals surface area contributed by atoms with E-state index in [0.29, 0.717) is 19.3 Å². The number of aromatic nitrogens is 4. The van der Waals surface area contributed by atoms with Crippen LogP contribution in [0.15, 0.2) is 24.5 Å². The first-order chi connectivity index (χ1) is 16.7. The lowest BCUT2D eigenvalue weighted by Crippen LogP contribution is -2.36. The molecule has 0 amide bonds. The van der Waals surface area contributed by atoms with Crippen molar-refractivity contribution >= 4 is 34.1 Å². The average Bonchev–Trinajstić information content (AvgIpc) is 3.34. The zero-order chi connectivity index (χ0) is 22.9. The maximum absolute atomic E-state index is 6.54. The summed E-state index contributed by atoms with van der Waals surface area (Å²) >= 11 is 6.12. The summed E-state index contributed by atoms with van der Waals surface area (Å²) in [7, 11) is 0. The van der Waals surface area contributed by atoms with E-state index in [4.69, 9.17) is 25.8 Å². The molecule has 1 aromatic carbocycles. The zero-order valence-corrected chi connectivity index (χ0v) is 19.6. The van der Waals surface area contributed by atoms with E-state index in [1.807, 2.05) is 0 Å². The molecule has 0 atom stereocenters. The van der Waals surface area contributed by atoms with Gasteiger partial charge in [-0.25, -0.2) is 15.0 Å². The Balaban J connectivity index is 1.15. The maximum atomic E-state index is 6.54. The monoisotopic (exact) mass is 482 g/mol. The number of morpholine rings is 1. The van der Waals surface area contributed by atoms with Crippen molar-refractivity contribution in [2.75, 3.05) is 36.5 Å². The van der Waals surface area contributed by atoms with Gasteiger partial charge in [0.25, 0.3) is 0 Å². The molecule has 2 aromatic heterocycles. The third kappa shape index (κ3) is 4.47. The van der Waals surface area contributed by atoms with Crippen molar-refractivity contribution in [3.05, 3.63) is 41.1 Å². The highest BCUT2D eigenvalue weighted by Crippen LogP contribution is 2.34. The Kier molecular flexibility index (Phi) is 6.07. The van der Waals surface area contributed by atoms with Crippen LogP contribution < -0.4 is 15.0 Å². The van der Waals surface area contributed by atoms with E-state index in [1.54, 1.807) is 12.4 Å². The summed E-state index contributed by atoms with van der Waals surface area (Å²) in [5, 5.41) is 3.84. The van der Waals surface area contributed by atoms with Crippen LogP contribution in [0.1, 0.15) is 36.9 Å². The third-order valence-electron chi connectivity index (χ3n) is 6.76. The molecular weight excluding hydrogens is 456 g/mol. The molecule has 1 saturated heterocycles. The van der Waals surface area contributed by atoms with Gasteiger partial charge in [-0.05, 0) is 43.4 Å². The van der Waals surface area contributed by atoms with E-state index >= 15 is 0 Å². The molecule has 3 aliphatic rings. The van der Waals surface area contributed by atoms with Crippen LogP contribution in [0.25, 0.3) is 11.0 Å². The van der Waals surface area contributed by atoms with Crippen molar-refractivity contribution in [3.8, 4) is 5.75 Å². The predicted octanol–water partition coefficient (Wildman–Crippen LogP) is 3.74. The molecule has 2 fully saturated rings. The number of hydrogen-bond donors (Lipinski definition) is 1. The molecule has 0 unspecified atom stereocenters. The standard InChI is InChI=1S/C24H27ClN6O3/c25-24-29-20-14-33-13-18(20)23(30-24)28-15-1-3-17(4-2-15)34-21-12-16(31-7-9-32-10-8-31)11-19-22(21)27-6-5-26-19/h5-6,11-12,15,17H,1-4,7-10,13-14H2,(H,28,29,30). The number of ether oxygens (including phenoxy) is 3. The molecule has 3 aromatic rings. The summed E-state index contributed by atoms with van der Waals surface area (Å²) in [6.07, 6.45) is 7.43. The Morgan fingerprint density at radius 2 is 1.79 bits per heavy atom. The molecule has 34 heavy (non-hydrogen) atoms. The number of anilines is 2. The second kappa shape index (κ2) is 9.48. The van der Waals surface area contributed by atoms with Gasteiger partial charge in [-0.2, -0.15) is 0 Å². The van der Waals surface area contributed by atoms with E-state index in [0.717, 1.165) is 91.5 Å². The molecule has 6 rings (SSSR count). The molecule has 1 saturated carbocycles. The molecule has 1 N–H and O–H groups in total. The molecule has 4 heterocycles. The molecule has 2 aliphatic heterocycles. The molecule has 178 valence electrons. The summed E-state index contributed by atoms with van der Waals surface area (Å²) in [4.78, 5) is 20.1. The highest BCUT2D eigenvalue weighted by molar-refractivity contribution is 6.28. The van der Waals surface area contributed by atoms with Crippen LogP contribution in [0.3, 0.4) is 0 Å². The van der Waals surface area contributed by atoms with Gasteiger partial charge in [-0.3, -0.25) is 4.98 Å². The minimum Gasteiger partial charge on any atom is -0.488 e. The van der Waals surface area contributed by atoms with Crippen molar-refractivity contribution in [3.63, 3.8) is 0 Å². The molecule has 1 aliphatic carbocycles. The lowest BCUT2D eigenvalue weighted by Gasteiger charge is -2.31. The second-order valence-electron chi connectivity index (χ2n) is 8.96. The molecule has 0 bridgehead atoms. The van der Waals surface area contributed by atoms with Crippen LogP contribution in [0, 0.1) is 0 Å². The number of fused-ring (bicyclic) bond motifs is 2. The zero-order valence-electron chi connectivity index (χ0n) is 18.9. The van der Waals surface area contributed by atoms with Gasteiger partial charge in [-0.1, -0.05) is 0 Å². The van der Waals surface area contributed by atoms with Gasteiger partial charge in [0.2, 0.25) is 5.28 Å². The second-order valence-corrected chi connectivity index (χ2v) is 9.30. The van der Waals surface area contributed by atoms with Crippen LogP contribution in [0.4, 0.5) is 11.5 Å². The van der Waals surface area contributed by atoms with Crippen LogP contribution in [0.2, 0.25) is 5.28 Å². The number of hydrogen-bond acceptors (Lipinski definition) is 9. The number of nitrogens with one attached hydrogen (secondary N) is 1. The van der Waals surface area contributed by atoms with E-state index in [1.165, 1.54) is 0 Å². The quantitative estimate of drug-likeness (QED) is 0.545. The Hall–Kier alpha value is -2.75. The van der Waals surface area contributed by atoms with Crippen LogP contribution in [-0.2, 0) is 22.7 Å². The van der Waals surface area contributed by atoms with Crippen molar-refractivity contribution in [2.45, 2.75) is 51.0 Å². The highest BCUT2D eigenvalue weighted by Gasteiger charge is 2.27. The van der Waals surface area contributed by atoms with Crippen molar-refractivity contribution < 1.29 is 14.2 Å². The normalized spacial score (nSPS) is 22.6. The van der Waals surface area contributed by atoms with Crippen LogP contribution >= 0.6 is 11.6 Å². The van der Waals surface area contributed by atoms with E-state index in [9.17, 15) is 0 Å². The van der Waals surface area contributed by atoms with Crippen LogP contribution in [-0.4, -0.2) is 58.4 Å². The Bertz CT molecular complexity index is 1180.